The van der Waals surface area contributed by atoms with Gasteiger partial charge in [0.05, 0.1) is 25.0 Å². The molecule has 2 amide bonds. The summed E-state index contributed by atoms with van der Waals surface area (Å²) < 4.78 is 10.6. The van der Waals surface area contributed by atoms with Gasteiger partial charge in [0.15, 0.2) is 11.5 Å². The second kappa shape index (κ2) is 9.77. The third kappa shape index (κ3) is 5.73. The van der Waals surface area contributed by atoms with Crippen molar-refractivity contribution in [3.63, 3.8) is 0 Å². The van der Waals surface area contributed by atoms with Gasteiger partial charge in [-0.2, -0.15) is 5.10 Å². The minimum atomic E-state index is -0.837. The Kier molecular flexibility index (Phi) is 8.05. The lowest BCUT2D eigenvalue weighted by Crippen LogP contribution is -2.41. The van der Waals surface area contributed by atoms with Gasteiger partial charge in [-0.25, -0.2) is 5.43 Å². The number of methoxy groups -OCH3 is 1. The minimum Gasteiger partial charge on any atom is -0.493 e. The summed E-state index contributed by atoms with van der Waals surface area (Å²) in [6.07, 6.45) is 2.09. The summed E-state index contributed by atoms with van der Waals surface area (Å²) in [5, 5.41) is 6.65. The van der Waals surface area contributed by atoms with Gasteiger partial charge in [0.2, 0.25) is 0 Å². The van der Waals surface area contributed by atoms with Crippen LogP contribution in [0, 0.1) is 0 Å². The fraction of sp³-hybridized carbons (Fsp3) is 0.438. The largest absolute Gasteiger partial charge is 0.493 e. The van der Waals surface area contributed by atoms with E-state index in [0.29, 0.717) is 28.7 Å². The maximum atomic E-state index is 11.6. The number of hydrazone groups is 1. The zero-order chi connectivity index (χ0) is 18.1. The van der Waals surface area contributed by atoms with Gasteiger partial charge in [0.1, 0.15) is 0 Å². The predicted molar refractivity (Wildman–Crippen MR) is 92.8 cm³/mol. The fourth-order valence-electron chi connectivity index (χ4n) is 1.71. The lowest BCUT2D eigenvalue weighted by molar-refractivity contribution is -0.139. The number of carbonyl (C=O) groups excluding carboxylic acids is 2. The molecule has 1 aromatic rings. The van der Waals surface area contributed by atoms with Gasteiger partial charge in [0, 0.05) is 6.04 Å². The Bertz CT molecular complexity index is 620. The standard InChI is InChI=1S/C16H22ClN3O4/c1-5-10(3)19-15(21)16(22)20-18-9-11-7-12(17)14(24-6-2)13(8-11)23-4/h7-10H,5-6H2,1-4H3,(H,19,21)(H,20,22)/b18-9-/t10-/m0/s1. The lowest BCUT2D eigenvalue weighted by Gasteiger charge is -2.11. The summed E-state index contributed by atoms with van der Waals surface area (Å²) in [4.78, 5) is 23.2. The Hall–Kier alpha value is -2.28. The first-order chi connectivity index (χ1) is 11.4. The number of carbonyl (C=O) groups is 2. The first-order valence-corrected chi connectivity index (χ1v) is 7.94. The maximum Gasteiger partial charge on any atom is 0.329 e. The van der Waals surface area contributed by atoms with Crippen LogP contribution in [0.15, 0.2) is 17.2 Å². The van der Waals surface area contributed by atoms with Gasteiger partial charge in [-0.05, 0) is 38.0 Å². The van der Waals surface area contributed by atoms with Crippen LogP contribution in [0.5, 0.6) is 11.5 Å². The molecule has 7 nitrogen and oxygen atoms in total. The van der Waals surface area contributed by atoms with Gasteiger partial charge >= 0.3 is 11.8 Å². The molecular formula is C16H22ClN3O4. The highest BCUT2D eigenvalue weighted by atomic mass is 35.5. The Labute approximate surface area is 146 Å². The molecule has 8 heteroatoms. The Balaban J connectivity index is 2.75. The number of amides is 2. The number of hydrogen-bond acceptors (Lipinski definition) is 5. The normalized spacial score (nSPS) is 11.9. The van der Waals surface area contributed by atoms with Crippen molar-refractivity contribution < 1.29 is 19.1 Å². The number of hydrogen-bond donors (Lipinski definition) is 2. The molecule has 0 aliphatic carbocycles. The van der Waals surface area contributed by atoms with Crippen LogP contribution in [0.2, 0.25) is 5.02 Å². The Morgan fingerprint density at radius 1 is 1.33 bits per heavy atom. The monoisotopic (exact) mass is 355 g/mol. The molecule has 0 aliphatic rings. The van der Waals surface area contributed by atoms with Crippen molar-refractivity contribution in [3.8, 4) is 11.5 Å². The summed E-state index contributed by atoms with van der Waals surface area (Å²) in [6, 6.07) is 3.19. The van der Waals surface area contributed by atoms with E-state index >= 15 is 0 Å². The van der Waals surface area contributed by atoms with Crippen LogP contribution in [0.1, 0.15) is 32.8 Å². The van der Waals surface area contributed by atoms with Crippen molar-refractivity contribution in [1.82, 2.24) is 10.7 Å². The van der Waals surface area contributed by atoms with E-state index in [1.807, 2.05) is 20.8 Å². The average molecular weight is 356 g/mol. The molecule has 0 fully saturated rings. The molecule has 1 atom stereocenters. The van der Waals surface area contributed by atoms with Crippen LogP contribution < -0.4 is 20.2 Å². The molecule has 0 bridgehead atoms. The van der Waals surface area contributed by atoms with Crippen LogP contribution in [-0.4, -0.2) is 37.8 Å². The first kappa shape index (κ1) is 19.8. The van der Waals surface area contributed by atoms with Crippen molar-refractivity contribution in [2.45, 2.75) is 33.2 Å². The molecule has 0 radical (unpaired) electrons. The minimum absolute atomic E-state index is 0.0820. The van der Waals surface area contributed by atoms with Gasteiger partial charge in [-0.3, -0.25) is 9.59 Å². The van der Waals surface area contributed by atoms with Crippen molar-refractivity contribution >= 4 is 29.6 Å². The highest BCUT2D eigenvalue weighted by Gasteiger charge is 2.14. The average Bonchev–Trinajstić information content (AvgIpc) is 2.56. The van der Waals surface area contributed by atoms with E-state index in [1.165, 1.54) is 13.3 Å². The van der Waals surface area contributed by atoms with E-state index < -0.39 is 11.8 Å². The topological polar surface area (TPSA) is 89.0 Å². The van der Waals surface area contributed by atoms with E-state index in [0.717, 1.165) is 6.42 Å². The molecule has 0 saturated heterocycles. The predicted octanol–water partition coefficient (Wildman–Crippen LogP) is 2.11. The van der Waals surface area contributed by atoms with E-state index in [9.17, 15) is 9.59 Å². The van der Waals surface area contributed by atoms with Crippen molar-refractivity contribution in [3.05, 3.63) is 22.7 Å². The highest BCUT2D eigenvalue weighted by molar-refractivity contribution is 6.35. The third-order valence-electron chi connectivity index (χ3n) is 3.12. The molecule has 0 heterocycles. The van der Waals surface area contributed by atoms with Crippen LogP contribution in [0.25, 0.3) is 0 Å². The molecule has 132 valence electrons. The number of halogens is 1. The molecule has 0 aliphatic heterocycles. The molecule has 1 rings (SSSR count). The van der Waals surface area contributed by atoms with Crippen LogP contribution >= 0.6 is 11.6 Å². The third-order valence-corrected chi connectivity index (χ3v) is 3.40. The number of nitrogens with one attached hydrogen (secondary N) is 2. The molecule has 0 saturated carbocycles. The van der Waals surface area contributed by atoms with Crippen LogP contribution in [0.4, 0.5) is 0 Å². The highest BCUT2D eigenvalue weighted by Crippen LogP contribution is 2.35. The van der Waals surface area contributed by atoms with E-state index in [-0.39, 0.29) is 6.04 Å². The SMILES string of the molecule is CCOc1c(Cl)cc(/C=N\NC(=O)C(=O)N[C@@H](C)CC)cc1OC. The maximum absolute atomic E-state index is 11.6. The zero-order valence-electron chi connectivity index (χ0n) is 14.2. The number of rotatable bonds is 7. The molecule has 0 spiro atoms. The van der Waals surface area contributed by atoms with Crippen LogP contribution in [0.3, 0.4) is 0 Å². The summed E-state index contributed by atoms with van der Waals surface area (Å²) >= 11 is 6.14. The second-order valence-electron chi connectivity index (χ2n) is 4.95. The van der Waals surface area contributed by atoms with E-state index in [2.05, 4.69) is 15.8 Å². The number of nitrogens with zero attached hydrogens (tertiary/aromatic N) is 1. The van der Waals surface area contributed by atoms with Crippen LogP contribution in [-0.2, 0) is 9.59 Å². The summed E-state index contributed by atoms with van der Waals surface area (Å²) in [5.41, 5.74) is 2.75. The number of benzene rings is 1. The first-order valence-electron chi connectivity index (χ1n) is 7.57. The zero-order valence-corrected chi connectivity index (χ0v) is 14.9. The quantitative estimate of drug-likeness (QED) is 0.445. The van der Waals surface area contributed by atoms with E-state index in [4.69, 9.17) is 21.1 Å². The van der Waals surface area contributed by atoms with Gasteiger partial charge in [0.25, 0.3) is 0 Å². The number of ether oxygens (including phenoxy) is 2. The smallest absolute Gasteiger partial charge is 0.329 e. The molecular weight excluding hydrogens is 334 g/mol. The fourth-order valence-corrected chi connectivity index (χ4v) is 1.98. The second-order valence-corrected chi connectivity index (χ2v) is 5.36. The molecule has 1 aromatic carbocycles. The van der Waals surface area contributed by atoms with Crippen molar-refractivity contribution in [2.24, 2.45) is 5.10 Å². The van der Waals surface area contributed by atoms with Gasteiger partial charge in [-0.1, -0.05) is 18.5 Å². The summed E-state index contributed by atoms with van der Waals surface area (Å²) in [5.74, 6) is -0.679. The molecule has 0 aromatic heterocycles. The molecule has 2 N–H and O–H groups in total. The summed E-state index contributed by atoms with van der Waals surface area (Å²) in [6.45, 7) is 6.00. The Morgan fingerprint density at radius 3 is 2.62 bits per heavy atom. The van der Waals surface area contributed by atoms with Crippen molar-refractivity contribution in [1.29, 1.82) is 0 Å². The molecule has 0 unspecified atom stereocenters. The molecule has 24 heavy (non-hydrogen) atoms. The Morgan fingerprint density at radius 2 is 2.04 bits per heavy atom. The summed E-state index contributed by atoms with van der Waals surface area (Å²) in [7, 11) is 1.50. The lowest BCUT2D eigenvalue weighted by atomic mass is 10.2. The van der Waals surface area contributed by atoms with Crippen molar-refractivity contribution in [2.75, 3.05) is 13.7 Å². The van der Waals surface area contributed by atoms with E-state index in [1.54, 1.807) is 12.1 Å². The van der Waals surface area contributed by atoms with Gasteiger partial charge < -0.3 is 14.8 Å². The van der Waals surface area contributed by atoms with Gasteiger partial charge in [-0.15, -0.1) is 0 Å².